The second kappa shape index (κ2) is 7.56. The van der Waals surface area contributed by atoms with Gasteiger partial charge in [0.1, 0.15) is 5.82 Å². The first kappa shape index (κ1) is 15.2. The predicted octanol–water partition coefficient (Wildman–Crippen LogP) is 1.97. The number of anilines is 1. The van der Waals surface area contributed by atoms with Crippen LogP contribution in [0.3, 0.4) is 0 Å². The van der Waals surface area contributed by atoms with Crippen LogP contribution < -0.4 is 10.6 Å². The highest BCUT2D eigenvalue weighted by molar-refractivity contribution is 6.33. The van der Waals surface area contributed by atoms with Crippen LogP contribution in [0.5, 0.6) is 0 Å². The van der Waals surface area contributed by atoms with Crippen LogP contribution in [0.1, 0.15) is 18.9 Å². The zero-order valence-corrected chi connectivity index (χ0v) is 12.2. The van der Waals surface area contributed by atoms with Crippen LogP contribution in [-0.2, 0) is 6.54 Å². The molecule has 1 aromatic rings. The molecule has 0 aliphatic rings. The molecule has 0 aliphatic heterocycles. The van der Waals surface area contributed by atoms with Gasteiger partial charge in [-0.2, -0.15) is 0 Å². The molecule has 0 unspecified atom stereocenters. The number of aromatic nitrogens is 1. The first-order valence-electron chi connectivity index (χ1n) is 6.32. The van der Waals surface area contributed by atoms with E-state index in [1.807, 2.05) is 6.07 Å². The second-order valence-corrected chi connectivity index (χ2v) is 5.05. The lowest BCUT2D eigenvalue weighted by atomic mass is 10.2. The monoisotopic (exact) mass is 270 g/mol. The maximum atomic E-state index is 6.28. The number of hydrogen-bond acceptors (Lipinski definition) is 4. The zero-order valence-electron chi connectivity index (χ0n) is 11.5. The van der Waals surface area contributed by atoms with Crippen molar-refractivity contribution in [2.45, 2.75) is 19.9 Å². The van der Waals surface area contributed by atoms with Gasteiger partial charge in [0.15, 0.2) is 0 Å². The fraction of sp³-hybridized carbons (Fsp3) is 0.615. The van der Waals surface area contributed by atoms with Crippen LogP contribution >= 0.6 is 11.6 Å². The smallest absolute Gasteiger partial charge is 0.147 e. The van der Waals surface area contributed by atoms with Crippen molar-refractivity contribution in [2.75, 3.05) is 38.6 Å². The van der Waals surface area contributed by atoms with Crippen molar-refractivity contribution in [3.63, 3.8) is 0 Å². The summed E-state index contributed by atoms with van der Waals surface area (Å²) in [7, 11) is 4.13. The van der Waals surface area contributed by atoms with Gasteiger partial charge in [0.2, 0.25) is 0 Å². The van der Waals surface area contributed by atoms with Crippen LogP contribution in [-0.4, -0.2) is 43.6 Å². The van der Waals surface area contributed by atoms with Gasteiger partial charge in [-0.05, 0) is 32.1 Å². The number of nitrogens with zero attached hydrogens (tertiary/aromatic N) is 3. The fourth-order valence-electron chi connectivity index (χ4n) is 1.73. The number of pyridine rings is 1. The minimum atomic E-state index is 0.471. The Labute approximate surface area is 115 Å². The van der Waals surface area contributed by atoms with E-state index in [1.165, 1.54) is 0 Å². The molecule has 18 heavy (non-hydrogen) atoms. The third-order valence-electron chi connectivity index (χ3n) is 2.72. The molecule has 2 N–H and O–H groups in total. The van der Waals surface area contributed by atoms with Gasteiger partial charge in [0.25, 0.3) is 0 Å². The number of likely N-dealkylation sites (N-methyl/N-ethyl adjacent to an activating group) is 1. The molecular weight excluding hydrogens is 248 g/mol. The normalized spacial score (nSPS) is 11.0. The van der Waals surface area contributed by atoms with Gasteiger partial charge in [-0.1, -0.05) is 18.5 Å². The van der Waals surface area contributed by atoms with Crippen molar-refractivity contribution in [3.8, 4) is 0 Å². The maximum absolute atomic E-state index is 6.28. The Hall–Kier alpha value is -0.840. The average molecular weight is 271 g/mol. The summed E-state index contributed by atoms with van der Waals surface area (Å²) in [5.74, 6) is 0.859. The summed E-state index contributed by atoms with van der Waals surface area (Å²) in [6.07, 6.45) is 2.88. The van der Waals surface area contributed by atoms with Crippen LogP contribution in [0.15, 0.2) is 12.3 Å². The third kappa shape index (κ3) is 4.44. The minimum absolute atomic E-state index is 0.471. The van der Waals surface area contributed by atoms with Crippen molar-refractivity contribution in [1.29, 1.82) is 0 Å². The molecule has 0 aromatic carbocycles. The van der Waals surface area contributed by atoms with E-state index >= 15 is 0 Å². The molecule has 0 saturated carbocycles. The largest absolute Gasteiger partial charge is 0.354 e. The van der Waals surface area contributed by atoms with Crippen molar-refractivity contribution >= 4 is 17.4 Å². The van der Waals surface area contributed by atoms with Gasteiger partial charge in [-0.25, -0.2) is 4.98 Å². The van der Waals surface area contributed by atoms with E-state index in [0.29, 0.717) is 11.6 Å². The van der Waals surface area contributed by atoms with Gasteiger partial charge in [0, 0.05) is 32.4 Å². The lowest BCUT2D eigenvalue weighted by Gasteiger charge is -2.25. The van der Waals surface area contributed by atoms with E-state index in [0.717, 1.165) is 37.4 Å². The number of hydrogen-bond donors (Lipinski definition) is 1. The van der Waals surface area contributed by atoms with Crippen molar-refractivity contribution in [2.24, 2.45) is 5.73 Å². The molecular formula is C13H23ClN4. The number of nitrogens with two attached hydrogens (primary N) is 1. The van der Waals surface area contributed by atoms with E-state index in [1.54, 1.807) is 6.20 Å². The Morgan fingerprint density at radius 3 is 2.50 bits per heavy atom. The van der Waals surface area contributed by atoms with Gasteiger partial charge >= 0.3 is 0 Å². The van der Waals surface area contributed by atoms with E-state index < -0.39 is 0 Å². The van der Waals surface area contributed by atoms with Crippen LogP contribution in [0.25, 0.3) is 0 Å². The summed E-state index contributed by atoms with van der Waals surface area (Å²) < 4.78 is 0. The molecule has 0 radical (unpaired) electrons. The van der Waals surface area contributed by atoms with E-state index in [9.17, 15) is 0 Å². The topological polar surface area (TPSA) is 45.4 Å². The Kier molecular flexibility index (Phi) is 6.39. The van der Waals surface area contributed by atoms with Gasteiger partial charge < -0.3 is 15.5 Å². The van der Waals surface area contributed by atoms with Crippen molar-refractivity contribution in [3.05, 3.63) is 22.8 Å². The highest BCUT2D eigenvalue weighted by Gasteiger charge is 2.12. The molecule has 0 saturated heterocycles. The Morgan fingerprint density at radius 1 is 1.28 bits per heavy atom. The summed E-state index contributed by atoms with van der Waals surface area (Å²) in [5, 5.41) is 0.685. The molecule has 1 aromatic heterocycles. The number of halogens is 1. The lowest BCUT2D eigenvalue weighted by molar-refractivity contribution is 0.412. The Balaban J connectivity index is 2.84. The summed E-state index contributed by atoms with van der Waals surface area (Å²) >= 11 is 6.28. The molecule has 0 fully saturated rings. The first-order valence-corrected chi connectivity index (χ1v) is 6.70. The van der Waals surface area contributed by atoms with Crippen LogP contribution in [0.4, 0.5) is 5.82 Å². The Bertz CT molecular complexity index is 368. The standard InChI is InChI=1S/C13H23ClN4/c1-4-5-18(7-6-17(2)3)13-12(14)8-11(9-15)10-16-13/h8,10H,4-7,9,15H2,1-3H3. The molecule has 102 valence electrons. The average Bonchev–Trinajstić information content (AvgIpc) is 2.34. The van der Waals surface area contributed by atoms with Crippen molar-refractivity contribution in [1.82, 2.24) is 9.88 Å². The summed E-state index contributed by atoms with van der Waals surface area (Å²) in [4.78, 5) is 8.82. The predicted molar refractivity (Wildman–Crippen MR) is 78.2 cm³/mol. The highest BCUT2D eigenvalue weighted by Crippen LogP contribution is 2.24. The molecule has 1 rings (SSSR count). The van der Waals surface area contributed by atoms with Crippen LogP contribution in [0, 0.1) is 0 Å². The van der Waals surface area contributed by atoms with E-state index in [-0.39, 0.29) is 0 Å². The van der Waals surface area contributed by atoms with Gasteiger partial charge in [0.05, 0.1) is 5.02 Å². The Morgan fingerprint density at radius 2 is 2.00 bits per heavy atom. The molecule has 1 heterocycles. The molecule has 0 bridgehead atoms. The number of rotatable bonds is 7. The molecule has 4 nitrogen and oxygen atoms in total. The van der Waals surface area contributed by atoms with Crippen LogP contribution in [0.2, 0.25) is 5.02 Å². The van der Waals surface area contributed by atoms with Gasteiger partial charge in [-0.3, -0.25) is 0 Å². The molecule has 0 spiro atoms. The summed E-state index contributed by atoms with van der Waals surface area (Å²) in [6, 6.07) is 1.90. The molecule has 0 aliphatic carbocycles. The SMILES string of the molecule is CCCN(CCN(C)C)c1ncc(CN)cc1Cl. The van der Waals surface area contributed by atoms with E-state index in [2.05, 4.69) is 35.8 Å². The highest BCUT2D eigenvalue weighted by atomic mass is 35.5. The summed E-state index contributed by atoms with van der Waals surface area (Å²) in [5.41, 5.74) is 6.55. The zero-order chi connectivity index (χ0) is 13.5. The molecule has 0 amide bonds. The first-order chi connectivity index (χ1) is 8.58. The minimum Gasteiger partial charge on any atom is -0.354 e. The van der Waals surface area contributed by atoms with E-state index in [4.69, 9.17) is 17.3 Å². The molecule has 0 atom stereocenters. The fourth-order valence-corrected chi connectivity index (χ4v) is 2.04. The maximum Gasteiger partial charge on any atom is 0.147 e. The second-order valence-electron chi connectivity index (χ2n) is 4.64. The lowest BCUT2D eigenvalue weighted by Crippen LogP contribution is -2.33. The van der Waals surface area contributed by atoms with Gasteiger partial charge in [-0.15, -0.1) is 0 Å². The van der Waals surface area contributed by atoms with Crippen molar-refractivity contribution < 1.29 is 0 Å². The third-order valence-corrected chi connectivity index (χ3v) is 3.00. The molecule has 5 heteroatoms. The quantitative estimate of drug-likeness (QED) is 0.823. The summed E-state index contributed by atoms with van der Waals surface area (Å²) in [6.45, 7) is 5.50.